The molecule has 138 valence electrons. The summed E-state index contributed by atoms with van der Waals surface area (Å²) < 4.78 is 11.4. The van der Waals surface area contributed by atoms with Gasteiger partial charge in [0.25, 0.3) is 0 Å². The van der Waals surface area contributed by atoms with Gasteiger partial charge < -0.3 is 14.8 Å². The molecular formula is C21H22N4O2. The minimum Gasteiger partial charge on any atom is -0.495 e. The molecule has 3 heterocycles. The molecule has 0 fully saturated rings. The van der Waals surface area contributed by atoms with Crippen molar-refractivity contribution in [2.75, 3.05) is 12.4 Å². The second kappa shape index (κ2) is 6.87. The minimum absolute atomic E-state index is 0.153. The average molecular weight is 362 g/mol. The lowest BCUT2D eigenvalue weighted by atomic mass is 10.0. The summed E-state index contributed by atoms with van der Waals surface area (Å²) in [5, 5.41) is 3.37. The first kappa shape index (κ1) is 17.3. The van der Waals surface area contributed by atoms with Crippen LogP contribution in [0.2, 0.25) is 0 Å². The predicted molar refractivity (Wildman–Crippen MR) is 104 cm³/mol. The number of rotatable bonds is 5. The average Bonchev–Trinajstić information content (AvgIpc) is 3.01. The number of nitrogens with zero attached hydrogens (tertiary/aromatic N) is 3. The Morgan fingerprint density at radius 1 is 1.22 bits per heavy atom. The van der Waals surface area contributed by atoms with E-state index in [0.29, 0.717) is 18.1 Å². The highest BCUT2D eigenvalue weighted by Gasteiger charge is 2.31. The highest BCUT2D eigenvalue weighted by atomic mass is 16.5. The van der Waals surface area contributed by atoms with E-state index in [-0.39, 0.29) is 5.60 Å². The molecule has 0 atom stereocenters. The SMILES string of the molecule is COc1cncc(-c2nccc(NCc3cccc4c3OC(C)(C)C4)n2)c1. The minimum atomic E-state index is -0.153. The Bertz CT molecular complexity index is 972. The summed E-state index contributed by atoms with van der Waals surface area (Å²) in [5.74, 6) is 3.01. The molecule has 0 unspecified atom stereocenters. The molecule has 3 aromatic rings. The zero-order chi connectivity index (χ0) is 18.9. The van der Waals surface area contributed by atoms with E-state index in [0.717, 1.165) is 29.1 Å². The van der Waals surface area contributed by atoms with Crippen molar-refractivity contribution in [2.24, 2.45) is 0 Å². The molecule has 1 aromatic carbocycles. The molecule has 0 aliphatic carbocycles. The summed E-state index contributed by atoms with van der Waals surface area (Å²) in [6, 6.07) is 10.0. The second-order valence-corrected chi connectivity index (χ2v) is 7.18. The Kier molecular flexibility index (Phi) is 4.39. The molecule has 6 heteroatoms. The van der Waals surface area contributed by atoms with Gasteiger partial charge in [-0.2, -0.15) is 0 Å². The summed E-state index contributed by atoms with van der Waals surface area (Å²) in [4.78, 5) is 13.1. The number of methoxy groups -OCH3 is 1. The molecule has 27 heavy (non-hydrogen) atoms. The summed E-state index contributed by atoms with van der Waals surface area (Å²) in [6.45, 7) is 4.86. The number of anilines is 1. The van der Waals surface area contributed by atoms with Crippen LogP contribution in [0.3, 0.4) is 0 Å². The molecule has 0 radical (unpaired) electrons. The van der Waals surface area contributed by atoms with Crippen molar-refractivity contribution in [1.29, 1.82) is 0 Å². The first-order valence-corrected chi connectivity index (χ1v) is 8.90. The molecular weight excluding hydrogens is 340 g/mol. The van der Waals surface area contributed by atoms with Crippen LogP contribution in [-0.4, -0.2) is 27.7 Å². The standard InChI is InChI=1S/C21H22N4O2/c1-21(2)10-14-5-4-6-15(19(14)27-21)12-24-18-7-8-23-20(25-18)16-9-17(26-3)13-22-11-16/h4-9,11,13H,10,12H2,1-3H3,(H,23,24,25). The molecule has 6 nitrogen and oxygen atoms in total. The van der Waals surface area contributed by atoms with E-state index in [9.17, 15) is 0 Å². The van der Waals surface area contributed by atoms with E-state index in [2.05, 4.69) is 52.3 Å². The molecule has 2 aromatic heterocycles. The molecule has 1 N–H and O–H groups in total. The van der Waals surface area contributed by atoms with Crippen LogP contribution in [0.15, 0.2) is 48.9 Å². The largest absolute Gasteiger partial charge is 0.495 e. The number of benzene rings is 1. The molecule has 0 bridgehead atoms. The topological polar surface area (TPSA) is 69.2 Å². The Morgan fingerprint density at radius 3 is 2.96 bits per heavy atom. The third-order valence-corrected chi connectivity index (χ3v) is 4.50. The van der Waals surface area contributed by atoms with Crippen LogP contribution in [0.5, 0.6) is 11.5 Å². The number of pyridine rings is 1. The van der Waals surface area contributed by atoms with E-state index in [1.54, 1.807) is 25.7 Å². The van der Waals surface area contributed by atoms with Crippen molar-refractivity contribution >= 4 is 5.82 Å². The number of hydrogen-bond donors (Lipinski definition) is 1. The van der Waals surface area contributed by atoms with Gasteiger partial charge >= 0.3 is 0 Å². The summed E-state index contributed by atoms with van der Waals surface area (Å²) >= 11 is 0. The second-order valence-electron chi connectivity index (χ2n) is 7.18. The van der Waals surface area contributed by atoms with Crippen molar-refractivity contribution in [3.05, 3.63) is 60.0 Å². The fraction of sp³-hybridized carbons (Fsp3) is 0.286. The van der Waals surface area contributed by atoms with Crippen molar-refractivity contribution in [3.8, 4) is 22.9 Å². The Labute approximate surface area is 158 Å². The molecule has 0 saturated carbocycles. The summed E-state index contributed by atoms with van der Waals surface area (Å²) in [5.41, 5.74) is 3.04. The quantitative estimate of drug-likeness (QED) is 0.743. The van der Waals surface area contributed by atoms with Crippen LogP contribution in [0.25, 0.3) is 11.4 Å². The third kappa shape index (κ3) is 3.69. The normalized spacial score (nSPS) is 14.3. The van der Waals surface area contributed by atoms with Gasteiger partial charge in [-0.1, -0.05) is 18.2 Å². The van der Waals surface area contributed by atoms with Crippen molar-refractivity contribution in [3.63, 3.8) is 0 Å². The van der Waals surface area contributed by atoms with E-state index in [1.807, 2.05) is 12.1 Å². The predicted octanol–water partition coefficient (Wildman–Crippen LogP) is 3.87. The van der Waals surface area contributed by atoms with Gasteiger partial charge in [0.2, 0.25) is 0 Å². The molecule has 1 aliphatic heterocycles. The van der Waals surface area contributed by atoms with E-state index >= 15 is 0 Å². The fourth-order valence-electron chi connectivity index (χ4n) is 3.25. The first-order valence-electron chi connectivity index (χ1n) is 8.90. The molecule has 4 rings (SSSR count). The van der Waals surface area contributed by atoms with Gasteiger partial charge in [0.05, 0.1) is 13.3 Å². The summed E-state index contributed by atoms with van der Waals surface area (Å²) in [7, 11) is 1.61. The number of fused-ring (bicyclic) bond motifs is 1. The van der Waals surface area contributed by atoms with Crippen LogP contribution < -0.4 is 14.8 Å². The Morgan fingerprint density at radius 2 is 2.11 bits per heavy atom. The smallest absolute Gasteiger partial charge is 0.163 e. The van der Waals surface area contributed by atoms with E-state index in [4.69, 9.17) is 9.47 Å². The van der Waals surface area contributed by atoms with Gasteiger partial charge in [-0.05, 0) is 31.5 Å². The van der Waals surface area contributed by atoms with Crippen LogP contribution in [-0.2, 0) is 13.0 Å². The first-order chi connectivity index (χ1) is 13.0. The van der Waals surface area contributed by atoms with Crippen molar-refractivity contribution in [2.45, 2.75) is 32.4 Å². The monoisotopic (exact) mass is 362 g/mol. The lowest BCUT2D eigenvalue weighted by molar-refractivity contribution is 0.137. The van der Waals surface area contributed by atoms with Crippen molar-refractivity contribution < 1.29 is 9.47 Å². The van der Waals surface area contributed by atoms with Gasteiger partial charge in [-0.3, -0.25) is 4.98 Å². The van der Waals surface area contributed by atoms with Gasteiger partial charge in [0, 0.05) is 36.5 Å². The van der Waals surface area contributed by atoms with Crippen LogP contribution in [0.1, 0.15) is 25.0 Å². The third-order valence-electron chi connectivity index (χ3n) is 4.50. The molecule has 0 spiro atoms. The highest BCUT2D eigenvalue weighted by molar-refractivity contribution is 5.57. The number of hydrogen-bond acceptors (Lipinski definition) is 6. The van der Waals surface area contributed by atoms with Gasteiger partial charge in [-0.15, -0.1) is 0 Å². The maximum atomic E-state index is 6.14. The van der Waals surface area contributed by atoms with E-state index < -0.39 is 0 Å². The van der Waals surface area contributed by atoms with E-state index in [1.165, 1.54) is 5.56 Å². The van der Waals surface area contributed by atoms with Gasteiger partial charge in [-0.25, -0.2) is 9.97 Å². The summed E-state index contributed by atoms with van der Waals surface area (Å²) in [6.07, 6.45) is 6.04. The van der Waals surface area contributed by atoms with Crippen LogP contribution >= 0.6 is 0 Å². The maximum Gasteiger partial charge on any atom is 0.163 e. The maximum absolute atomic E-state index is 6.14. The lowest BCUT2D eigenvalue weighted by Crippen LogP contribution is -2.25. The van der Waals surface area contributed by atoms with Gasteiger partial charge in [0.15, 0.2) is 5.82 Å². The molecule has 0 amide bonds. The van der Waals surface area contributed by atoms with Crippen LogP contribution in [0.4, 0.5) is 5.82 Å². The molecule has 0 saturated heterocycles. The zero-order valence-corrected chi connectivity index (χ0v) is 15.7. The highest BCUT2D eigenvalue weighted by Crippen LogP contribution is 2.37. The van der Waals surface area contributed by atoms with Crippen molar-refractivity contribution in [1.82, 2.24) is 15.0 Å². The van der Waals surface area contributed by atoms with Gasteiger partial charge in [0.1, 0.15) is 22.9 Å². The Balaban J connectivity index is 1.53. The number of aromatic nitrogens is 3. The fourth-order valence-corrected chi connectivity index (χ4v) is 3.25. The lowest BCUT2D eigenvalue weighted by Gasteiger charge is -2.18. The number of nitrogens with one attached hydrogen (secondary N) is 1. The number of ether oxygens (including phenoxy) is 2. The molecule has 1 aliphatic rings. The number of para-hydroxylation sites is 1. The Hall–Kier alpha value is -3.15. The van der Waals surface area contributed by atoms with Crippen LogP contribution in [0, 0.1) is 0 Å². The zero-order valence-electron chi connectivity index (χ0n) is 15.7.